The van der Waals surface area contributed by atoms with Crippen LogP contribution >= 0.6 is 0 Å². The maximum absolute atomic E-state index is 11.6. The lowest BCUT2D eigenvalue weighted by molar-refractivity contribution is -0.129. The van der Waals surface area contributed by atoms with Gasteiger partial charge in [-0.25, -0.2) is 0 Å². The van der Waals surface area contributed by atoms with E-state index in [9.17, 15) is 4.79 Å². The molecule has 0 fully saturated rings. The Kier molecular flexibility index (Phi) is 6.53. The molecule has 0 saturated heterocycles. The maximum Gasteiger partial charge on any atom is 0.225 e. The van der Waals surface area contributed by atoms with Crippen molar-refractivity contribution >= 4 is 11.7 Å². The summed E-state index contributed by atoms with van der Waals surface area (Å²) in [4.78, 5) is 11.6. The third kappa shape index (κ3) is 5.58. The van der Waals surface area contributed by atoms with E-state index in [-0.39, 0.29) is 17.2 Å². The largest absolute Gasteiger partial charge is 0.409 e. The van der Waals surface area contributed by atoms with Crippen LogP contribution in [0, 0.1) is 5.41 Å². The van der Waals surface area contributed by atoms with Crippen molar-refractivity contribution in [1.29, 1.82) is 0 Å². The molecule has 4 N–H and O–H groups in total. The highest BCUT2D eigenvalue weighted by Gasteiger charge is 2.24. The fourth-order valence-electron chi connectivity index (χ4n) is 1.08. The predicted molar refractivity (Wildman–Crippen MR) is 64.3 cm³/mol. The zero-order valence-electron chi connectivity index (χ0n) is 10.4. The van der Waals surface area contributed by atoms with E-state index in [1.807, 2.05) is 20.8 Å². The van der Waals surface area contributed by atoms with E-state index in [2.05, 4.69) is 10.5 Å². The first-order chi connectivity index (χ1) is 7.44. The van der Waals surface area contributed by atoms with E-state index in [0.717, 1.165) is 19.3 Å². The van der Waals surface area contributed by atoms with E-state index >= 15 is 0 Å². The molecular formula is C11H23N3O2. The molecule has 0 aliphatic heterocycles. The zero-order chi connectivity index (χ0) is 12.6. The fourth-order valence-corrected chi connectivity index (χ4v) is 1.08. The number of carbonyl (C=O) groups is 1. The highest BCUT2D eigenvalue weighted by atomic mass is 16.4. The predicted octanol–water partition coefficient (Wildman–Crippen LogP) is 1.46. The fraction of sp³-hybridized carbons (Fsp3) is 0.818. The van der Waals surface area contributed by atoms with Crippen LogP contribution in [0.4, 0.5) is 0 Å². The number of hydrogen-bond acceptors (Lipinski definition) is 3. The lowest BCUT2D eigenvalue weighted by Crippen LogP contribution is -2.36. The highest BCUT2D eigenvalue weighted by Crippen LogP contribution is 2.19. The van der Waals surface area contributed by atoms with Crippen molar-refractivity contribution in [2.45, 2.75) is 46.5 Å². The number of hydrogen-bond donors (Lipinski definition) is 3. The van der Waals surface area contributed by atoms with Gasteiger partial charge in [-0.3, -0.25) is 4.79 Å². The van der Waals surface area contributed by atoms with Crippen molar-refractivity contribution in [2.75, 3.05) is 6.54 Å². The summed E-state index contributed by atoms with van der Waals surface area (Å²) < 4.78 is 0. The quantitative estimate of drug-likeness (QED) is 0.203. The van der Waals surface area contributed by atoms with E-state index in [4.69, 9.17) is 10.9 Å². The van der Waals surface area contributed by atoms with Crippen LogP contribution in [-0.2, 0) is 4.79 Å². The summed E-state index contributed by atoms with van der Waals surface area (Å²) in [6.45, 7) is 6.50. The zero-order valence-corrected chi connectivity index (χ0v) is 10.4. The van der Waals surface area contributed by atoms with Gasteiger partial charge >= 0.3 is 0 Å². The summed E-state index contributed by atoms with van der Waals surface area (Å²) in [5.41, 5.74) is 5.02. The minimum Gasteiger partial charge on any atom is -0.409 e. The smallest absolute Gasteiger partial charge is 0.225 e. The topological polar surface area (TPSA) is 87.7 Å². The molecule has 1 amide bonds. The molecule has 0 aliphatic rings. The summed E-state index contributed by atoms with van der Waals surface area (Å²) in [6, 6.07) is 0. The van der Waals surface area contributed by atoms with Crippen molar-refractivity contribution in [3.63, 3.8) is 0 Å². The Labute approximate surface area is 97.1 Å². The van der Waals surface area contributed by atoms with E-state index in [1.54, 1.807) is 0 Å². The molecule has 0 aromatic rings. The first-order valence-corrected chi connectivity index (χ1v) is 5.68. The molecule has 0 spiro atoms. The van der Waals surface area contributed by atoms with Crippen molar-refractivity contribution < 1.29 is 10.0 Å². The molecule has 5 nitrogen and oxygen atoms in total. The third-order valence-corrected chi connectivity index (χ3v) is 2.77. The Morgan fingerprint density at radius 1 is 1.44 bits per heavy atom. The molecule has 0 bridgehead atoms. The lowest BCUT2D eigenvalue weighted by atomic mass is 9.89. The molecule has 16 heavy (non-hydrogen) atoms. The lowest BCUT2D eigenvalue weighted by Gasteiger charge is -2.21. The van der Waals surface area contributed by atoms with Crippen LogP contribution in [0.25, 0.3) is 0 Å². The molecule has 0 aromatic heterocycles. The van der Waals surface area contributed by atoms with Crippen molar-refractivity contribution in [2.24, 2.45) is 16.3 Å². The van der Waals surface area contributed by atoms with Gasteiger partial charge < -0.3 is 16.3 Å². The number of amidine groups is 1. The molecule has 0 radical (unpaired) electrons. The van der Waals surface area contributed by atoms with E-state index < -0.39 is 0 Å². The SMILES string of the molecule is CCC(C)(C)C(=O)NCCCCC(N)=NO. The van der Waals surface area contributed by atoms with E-state index in [0.29, 0.717) is 13.0 Å². The summed E-state index contributed by atoms with van der Waals surface area (Å²) in [5.74, 6) is 0.319. The second kappa shape index (κ2) is 7.09. The average Bonchev–Trinajstić information content (AvgIpc) is 2.27. The summed E-state index contributed by atoms with van der Waals surface area (Å²) in [7, 11) is 0. The number of nitrogens with zero attached hydrogens (tertiary/aromatic N) is 1. The number of nitrogens with two attached hydrogens (primary N) is 1. The van der Waals surface area contributed by atoms with Gasteiger partial charge in [0, 0.05) is 18.4 Å². The highest BCUT2D eigenvalue weighted by molar-refractivity contribution is 5.81. The van der Waals surface area contributed by atoms with Gasteiger partial charge in [-0.15, -0.1) is 0 Å². The molecule has 94 valence electrons. The first-order valence-electron chi connectivity index (χ1n) is 5.68. The van der Waals surface area contributed by atoms with Gasteiger partial charge in [-0.05, 0) is 19.3 Å². The molecule has 0 atom stereocenters. The standard InChI is InChI=1S/C11H23N3O2/c1-4-11(2,3)10(15)13-8-6-5-7-9(12)14-16/h16H,4-8H2,1-3H3,(H2,12,14)(H,13,15). The van der Waals surface area contributed by atoms with Gasteiger partial charge in [0.15, 0.2) is 0 Å². The van der Waals surface area contributed by atoms with Gasteiger partial charge in [-0.1, -0.05) is 25.9 Å². The van der Waals surface area contributed by atoms with E-state index in [1.165, 1.54) is 0 Å². The Hall–Kier alpha value is -1.26. The normalized spacial score (nSPS) is 12.6. The number of rotatable bonds is 7. The Bertz CT molecular complexity index is 250. The van der Waals surface area contributed by atoms with Crippen LogP contribution in [0.1, 0.15) is 46.5 Å². The minimum absolute atomic E-state index is 0.0822. The van der Waals surface area contributed by atoms with Gasteiger partial charge in [0.2, 0.25) is 5.91 Å². The average molecular weight is 229 g/mol. The molecule has 5 heteroatoms. The molecular weight excluding hydrogens is 206 g/mol. The van der Waals surface area contributed by atoms with Crippen LogP contribution in [0.5, 0.6) is 0 Å². The van der Waals surface area contributed by atoms with Crippen LogP contribution in [0.15, 0.2) is 5.16 Å². The summed E-state index contributed by atoms with van der Waals surface area (Å²) >= 11 is 0. The third-order valence-electron chi connectivity index (χ3n) is 2.77. The van der Waals surface area contributed by atoms with Crippen LogP contribution in [-0.4, -0.2) is 23.5 Å². The molecule has 0 aromatic carbocycles. The molecule has 0 heterocycles. The summed E-state index contributed by atoms with van der Waals surface area (Å²) in [6.07, 6.45) is 3.02. The van der Waals surface area contributed by atoms with Crippen molar-refractivity contribution in [1.82, 2.24) is 5.32 Å². The van der Waals surface area contributed by atoms with Crippen molar-refractivity contribution in [3.05, 3.63) is 0 Å². The summed E-state index contributed by atoms with van der Waals surface area (Å²) in [5, 5.41) is 14.1. The number of unbranched alkanes of at least 4 members (excludes halogenated alkanes) is 1. The number of nitrogens with one attached hydrogen (secondary N) is 1. The molecule has 0 saturated carbocycles. The maximum atomic E-state index is 11.6. The van der Waals surface area contributed by atoms with Gasteiger partial charge in [0.05, 0.1) is 0 Å². The minimum atomic E-state index is -0.300. The molecule has 0 unspecified atom stereocenters. The number of oxime groups is 1. The van der Waals surface area contributed by atoms with Gasteiger partial charge in [-0.2, -0.15) is 0 Å². The number of carbonyl (C=O) groups excluding carboxylic acids is 1. The van der Waals surface area contributed by atoms with Gasteiger partial charge in [0.25, 0.3) is 0 Å². The van der Waals surface area contributed by atoms with Gasteiger partial charge in [0.1, 0.15) is 5.84 Å². The Morgan fingerprint density at radius 3 is 2.56 bits per heavy atom. The van der Waals surface area contributed by atoms with Crippen molar-refractivity contribution in [3.8, 4) is 0 Å². The Balaban J connectivity index is 3.64. The second-order valence-corrected chi connectivity index (χ2v) is 4.54. The molecule has 0 rings (SSSR count). The molecule has 0 aliphatic carbocycles. The van der Waals surface area contributed by atoms with Crippen LogP contribution < -0.4 is 11.1 Å². The first kappa shape index (κ1) is 14.7. The van der Waals surface area contributed by atoms with Crippen LogP contribution in [0.2, 0.25) is 0 Å². The van der Waals surface area contributed by atoms with Crippen LogP contribution in [0.3, 0.4) is 0 Å². The number of amides is 1. The Morgan fingerprint density at radius 2 is 2.06 bits per heavy atom. The monoisotopic (exact) mass is 229 g/mol. The second-order valence-electron chi connectivity index (χ2n) is 4.54.